The first-order chi connectivity index (χ1) is 16.2. The normalized spacial score (nSPS) is 12.4. The highest BCUT2D eigenvalue weighted by Crippen LogP contribution is 2.34. The van der Waals surface area contributed by atoms with Gasteiger partial charge < -0.3 is 10.6 Å². The molecule has 3 aromatic rings. The van der Waals surface area contributed by atoms with Crippen molar-refractivity contribution in [2.45, 2.75) is 32.1 Å². The van der Waals surface area contributed by atoms with Crippen LogP contribution in [0, 0.1) is 0 Å². The van der Waals surface area contributed by atoms with E-state index in [4.69, 9.17) is 5.73 Å². The second kappa shape index (κ2) is 11.0. The predicted molar refractivity (Wildman–Crippen MR) is 126 cm³/mol. The molecule has 3 rings (SSSR count). The van der Waals surface area contributed by atoms with Crippen molar-refractivity contribution in [3.8, 4) is 0 Å². The SMILES string of the molecule is CCC(c1nc(C(F)(F)F)c(Br)c(=O)n1Cc1ccccc1)N(CCN)C(=O)c1ccccc1. The van der Waals surface area contributed by atoms with Gasteiger partial charge >= 0.3 is 6.18 Å². The van der Waals surface area contributed by atoms with E-state index in [1.54, 1.807) is 67.6 Å². The minimum absolute atomic E-state index is 0.00869. The van der Waals surface area contributed by atoms with E-state index in [2.05, 4.69) is 20.9 Å². The van der Waals surface area contributed by atoms with Gasteiger partial charge in [0.05, 0.1) is 12.6 Å². The zero-order chi connectivity index (χ0) is 24.9. The predicted octanol–water partition coefficient (Wildman–Crippen LogP) is 4.63. The first-order valence-corrected chi connectivity index (χ1v) is 11.5. The van der Waals surface area contributed by atoms with Gasteiger partial charge in [-0.1, -0.05) is 55.5 Å². The molecule has 1 atom stereocenters. The fourth-order valence-electron chi connectivity index (χ4n) is 3.74. The molecule has 34 heavy (non-hydrogen) atoms. The molecule has 1 amide bonds. The number of alkyl halides is 3. The van der Waals surface area contributed by atoms with Crippen LogP contribution in [0.15, 0.2) is 69.9 Å². The van der Waals surface area contributed by atoms with Gasteiger partial charge in [-0.05, 0) is 40.0 Å². The summed E-state index contributed by atoms with van der Waals surface area (Å²) in [7, 11) is 0. The van der Waals surface area contributed by atoms with Gasteiger partial charge in [0, 0.05) is 18.7 Å². The van der Waals surface area contributed by atoms with Crippen molar-refractivity contribution in [3.05, 3.63) is 98.1 Å². The molecule has 0 fully saturated rings. The van der Waals surface area contributed by atoms with Crippen molar-refractivity contribution in [3.63, 3.8) is 0 Å². The van der Waals surface area contributed by atoms with Crippen LogP contribution in [0.4, 0.5) is 13.2 Å². The molecular weight excluding hydrogens is 513 g/mol. The molecule has 1 unspecified atom stereocenters. The van der Waals surface area contributed by atoms with Crippen molar-refractivity contribution >= 4 is 21.8 Å². The van der Waals surface area contributed by atoms with E-state index in [0.29, 0.717) is 11.1 Å². The molecule has 1 aromatic heterocycles. The summed E-state index contributed by atoms with van der Waals surface area (Å²) < 4.78 is 41.8. The van der Waals surface area contributed by atoms with Gasteiger partial charge in [-0.2, -0.15) is 13.2 Å². The Balaban J connectivity index is 2.22. The Hall–Kier alpha value is -2.98. The molecule has 6 nitrogen and oxygen atoms in total. The molecule has 0 saturated carbocycles. The number of rotatable bonds is 8. The van der Waals surface area contributed by atoms with Crippen LogP contribution in [0.3, 0.4) is 0 Å². The van der Waals surface area contributed by atoms with Crippen LogP contribution >= 0.6 is 15.9 Å². The lowest BCUT2D eigenvalue weighted by Gasteiger charge is -2.32. The lowest BCUT2D eigenvalue weighted by atomic mass is 10.1. The highest BCUT2D eigenvalue weighted by atomic mass is 79.9. The topological polar surface area (TPSA) is 81.2 Å². The molecule has 0 radical (unpaired) electrons. The van der Waals surface area contributed by atoms with Crippen LogP contribution in [0.1, 0.15) is 46.8 Å². The van der Waals surface area contributed by atoms with Crippen molar-refractivity contribution in [1.82, 2.24) is 14.5 Å². The van der Waals surface area contributed by atoms with Crippen LogP contribution in [-0.4, -0.2) is 33.4 Å². The molecule has 0 bridgehead atoms. The van der Waals surface area contributed by atoms with Crippen molar-refractivity contribution in [2.24, 2.45) is 5.73 Å². The number of nitrogens with zero attached hydrogens (tertiary/aromatic N) is 3. The van der Waals surface area contributed by atoms with E-state index in [-0.39, 0.29) is 31.9 Å². The average Bonchev–Trinajstić information content (AvgIpc) is 2.83. The molecule has 2 N–H and O–H groups in total. The molecule has 0 aliphatic heterocycles. The summed E-state index contributed by atoms with van der Waals surface area (Å²) in [5.41, 5.74) is 4.62. The molecule has 180 valence electrons. The van der Waals surface area contributed by atoms with Gasteiger partial charge in [-0.3, -0.25) is 14.2 Å². The number of hydrogen-bond donors (Lipinski definition) is 1. The maximum Gasteiger partial charge on any atom is 0.434 e. The number of aromatic nitrogens is 2. The second-order valence-corrected chi connectivity index (χ2v) is 8.38. The van der Waals surface area contributed by atoms with E-state index in [1.165, 1.54) is 9.47 Å². The molecule has 0 spiro atoms. The lowest BCUT2D eigenvalue weighted by molar-refractivity contribution is -0.142. The summed E-state index contributed by atoms with van der Waals surface area (Å²) in [4.78, 5) is 31.8. The van der Waals surface area contributed by atoms with Gasteiger partial charge in [-0.15, -0.1) is 0 Å². The van der Waals surface area contributed by atoms with Gasteiger partial charge in [0.2, 0.25) is 0 Å². The number of carbonyl (C=O) groups excluding carboxylic acids is 1. The molecule has 0 saturated heterocycles. The number of hydrogen-bond acceptors (Lipinski definition) is 4. The van der Waals surface area contributed by atoms with Crippen molar-refractivity contribution in [1.29, 1.82) is 0 Å². The van der Waals surface area contributed by atoms with Gasteiger partial charge in [0.1, 0.15) is 10.3 Å². The summed E-state index contributed by atoms with van der Waals surface area (Å²) in [6.07, 6.45) is -4.64. The fraction of sp³-hybridized carbons (Fsp3) is 0.292. The van der Waals surface area contributed by atoms with Gasteiger partial charge in [0.15, 0.2) is 5.69 Å². The number of halogens is 4. The average molecular weight is 537 g/mol. The number of amides is 1. The maximum absolute atomic E-state index is 13.8. The van der Waals surface area contributed by atoms with E-state index in [1.807, 2.05) is 0 Å². The van der Waals surface area contributed by atoms with Crippen LogP contribution in [0.2, 0.25) is 0 Å². The minimum atomic E-state index is -4.86. The fourth-order valence-corrected chi connectivity index (χ4v) is 4.26. The first kappa shape index (κ1) is 25.6. The Morgan fingerprint density at radius 2 is 1.71 bits per heavy atom. The van der Waals surface area contributed by atoms with Crippen LogP contribution in [0.25, 0.3) is 0 Å². The third-order valence-electron chi connectivity index (χ3n) is 5.31. The highest BCUT2D eigenvalue weighted by molar-refractivity contribution is 9.10. The van der Waals surface area contributed by atoms with Gasteiger partial charge in [0.25, 0.3) is 11.5 Å². The van der Waals surface area contributed by atoms with Gasteiger partial charge in [-0.25, -0.2) is 4.98 Å². The Morgan fingerprint density at radius 1 is 1.12 bits per heavy atom. The monoisotopic (exact) mass is 536 g/mol. The maximum atomic E-state index is 13.8. The van der Waals surface area contributed by atoms with Crippen LogP contribution in [0.5, 0.6) is 0 Å². The molecule has 0 aliphatic rings. The van der Waals surface area contributed by atoms with Crippen molar-refractivity contribution in [2.75, 3.05) is 13.1 Å². The highest BCUT2D eigenvalue weighted by Gasteiger charge is 2.39. The summed E-state index contributed by atoms with van der Waals surface area (Å²) >= 11 is 2.80. The number of carbonyl (C=O) groups is 1. The first-order valence-electron chi connectivity index (χ1n) is 10.7. The zero-order valence-electron chi connectivity index (χ0n) is 18.4. The molecule has 0 aliphatic carbocycles. The van der Waals surface area contributed by atoms with E-state index in [0.717, 1.165) is 0 Å². The third kappa shape index (κ3) is 5.56. The van der Waals surface area contributed by atoms with E-state index in [9.17, 15) is 22.8 Å². The quantitative estimate of drug-likeness (QED) is 0.455. The lowest BCUT2D eigenvalue weighted by Crippen LogP contribution is -2.42. The number of benzene rings is 2. The second-order valence-electron chi connectivity index (χ2n) is 7.58. The van der Waals surface area contributed by atoms with E-state index >= 15 is 0 Å². The number of nitrogens with two attached hydrogens (primary N) is 1. The molecule has 1 heterocycles. The zero-order valence-corrected chi connectivity index (χ0v) is 20.0. The largest absolute Gasteiger partial charge is 0.434 e. The van der Waals surface area contributed by atoms with Crippen LogP contribution < -0.4 is 11.3 Å². The van der Waals surface area contributed by atoms with E-state index < -0.39 is 33.9 Å². The van der Waals surface area contributed by atoms with Crippen molar-refractivity contribution < 1.29 is 18.0 Å². The summed E-state index contributed by atoms with van der Waals surface area (Å²) in [5.74, 6) is -0.556. The standard InChI is InChI=1S/C24H24BrF3N4O2/c1-2-18(31(14-13-29)22(33)17-11-7-4-8-12-17)21-30-20(24(26,27)28)19(25)23(34)32(21)15-16-9-5-3-6-10-16/h3-12,18H,2,13-15,29H2,1H3. The van der Waals surface area contributed by atoms with Crippen LogP contribution in [-0.2, 0) is 12.7 Å². The summed E-state index contributed by atoms with van der Waals surface area (Å²) in [5, 5.41) is 0. The molecule has 2 aromatic carbocycles. The summed E-state index contributed by atoms with van der Waals surface area (Å²) in [6.45, 7) is 1.87. The smallest absolute Gasteiger partial charge is 0.329 e. The summed E-state index contributed by atoms with van der Waals surface area (Å²) in [6, 6.07) is 16.3. The Kier molecular flexibility index (Phi) is 8.27. The minimum Gasteiger partial charge on any atom is -0.329 e. The molecular formula is C24H24BrF3N4O2. The Bertz CT molecular complexity index is 1180. The Labute approximate surface area is 203 Å². The Morgan fingerprint density at radius 3 is 2.24 bits per heavy atom. The molecule has 10 heteroatoms. The third-order valence-corrected chi connectivity index (χ3v) is 6.02.